The SMILES string of the molecule is CCCN=C(N)c1c(C)ccc(C2CCC(S)C=C2F)c1C. The van der Waals surface area contributed by atoms with Crippen LogP contribution in [-0.4, -0.2) is 17.6 Å². The molecule has 4 heteroatoms. The summed E-state index contributed by atoms with van der Waals surface area (Å²) in [5, 5.41) is 0.0256. The van der Waals surface area contributed by atoms with E-state index < -0.39 is 0 Å². The Hall–Kier alpha value is -1.29. The first kappa shape index (κ1) is 17.1. The quantitative estimate of drug-likeness (QED) is 0.480. The lowest BCUT2D eigenvalue weighted by molar-refractivity contribution is 0.485. The maximum Gasteiger partial charge on any atom is 0.126 e. The van der Waals surface area contributed by atoms with E-state index in [1.165, 1.54) is 0 Å². The van der Waals surface area contributed by atoms with Gasteiger partial charge in [-0.2, -0.15) is 12.6 Å². The summed E-state index contributed by atoms with van der Waals surface area (Å²) in [7, 11) is 0. The predicted octanol–water partition coefficient (Wildman–Crippen LogP) is 4.45. The summed E-state index contributed by atoms with van der Waals surface area (Å²) >= 11 is 4.35. The predicted molar refractivity (Wildman–Crippen MR) is 95.7 cm³/mol. The average Bonchev–Trinajstić information content (AvgIpc) is 2.46. The largest absolute Gasteiger partial charge is 0.383 e. The van der Waals surface area contributed by atoms with E-state index in [1.54, 1.807) is 6.08 Å². The van der Waals surface area contributed by atoms with Crippen LogP contribution in [0.25, 0.3) is 0 Å². The van der Waals surface area contributed by atoms with E-state index >= 15 is 0 Å². The minimum Gasteiger partial charge on any atom is -0.383 e. The number of rotatable bonds is 4. The number of aryl methyl sites for hydroxylation is 1. The highest BCUT2D eigenvalue weighted by Gasteiger charge is 2.26. The van der Waals surface area contributed by atoms with Crippen molar-refractivity contribution in [3.05, 3.63) is 46.3 Å². The minimum absolute atomic E-state index is 0.0256. The van der Waals surface area contributed by atoms with Crippen LogP contribution in [0, 0.1) is 13.8 Å². The van der Waals surface area contributed by atoms with Gasteiger partial charge in [0.1, 0.15) is 11.7 Å². The molecule has 0 fully saturated rings. The van der Waals surface area contributed by atoms with Crippen molar-refractivity contribution < 1.29 is 4.39 Å². The molecule has 22 heavy (non-hydrogen) atoms. The zero-order valence-corrected chi connectivity index (χ0v) is 14.5. The van der Waals surface area contributed by atoms with E-state index in [0.717, 1.165) is 41.5 Å². The molecule has 120 valence electrons. The van der Waals surface area contributed by atoms with Gasteiger partial charge in [0, 0.05) is 23.3 Å². The summed E-state index contributed by atoms with van der Waals surface area (Å²) in [4.78, 5) is 4.43. The Kier molecular flexibility index (Phi) is 5.68. The van der Waals surface area contributed by atoms with Crippen LogP contribution in [0.1, 0.15) is 54.4 Å². The maximum absolute atomic E-state index is 14.4. The number of hydrogen-bond donors (Lipinski definition) is 2. The summed E-state index contributed by atoms with van der Waals surface area (Å²) in [6.45, 7) is 6.83. The van der Waals surface area contributed by atoms with Gasteiger partial charge in [0.15, 0.2) is 0 Å². The second-order valence-corrected chi connectivity index (χ2v) is 6.65. The number of benzene rings is 1. The molecule has 2 nitrogen and oxygen atoms in total. The van der Waals surface area contributed by atoms with Crippen molar-refractivity contribution in [3.8, 4) is 0 Å². The molecule has 1 aliphatic carbocycles. The molecule has 1 aromatic carbocycles. The fourth-order valence-corrected chi connectivity index (χ4v) is 3.40. The molecule has 0 spiro atoms. The number of hydrogen-bond acceptors (Lipinski definition) is 2. The van der Waals surface area contributed by atoms with Crippen molar-refractivity contribution in [2.45, 2.75) is 51.2 Å². The number of aliphatic imine (C=N–C) groups is 1. The third kappa shape index (κ3) is 3.54. The summed E-state index contributed by atoms with van der Waals surface area (Å²) in [5.74, 6) is 0.306. The molecule has 2 rings (SSSR count). The molecule has 2 unspecified atom stereocenters. The van der Waals surface area contributed by atoms with Gasteiger partial charge >= 0.3 is 0 Å². The number of amidine groups is 1. The Morgan fingerprint density at radius 1 is 1.36 bits per heavy atom. The van der Waals surface area contributed by atoms with Crippen molar-refractivity contribution in [1.29, 1.82) is 0 Å². The maximum atomic E-state index is 14.4. The minimum atomic E-state index is -0.179. The van der Waals surface area contributed by atoms with E-state index in [2.05, 4.69) is 24.5 Å². The van der Waals surface area contributed by atoms with Gasteiger partial charge in [-0.05, 0) is 55.9 Å². The highest BCUT2D eigenvalue weighted by molar-refractivity contribution is 7.81. The monoisotopic (exact) mass is 320 g/mol. The molecular weight excluding hydrogens is 295 g/mol. The number of allylic oxidation sites excluding steroid dienone is 1. The van der Waals surface area contributed by atoms with Crippen molar-refractivity contribution in [2.24, 2.45) is 10.7 Å². The fraction of sp³-hybridized carbons (Fsp3) is 0.500. The third-order valence-electron chi connectivity index (χ3n) is 4.29. The first-order chi connectivity index (χ1) is 10.5. The molecule has 0 heterocycles. The van der Waals surface area contributed by atoms with Gasteiger partial charge in [-0.1, -0.05) is 19.1 Å². The van der Waals surface area contributed by atoms with Crippen LogP contribution in [-0.2, 0) is 0 Å². The molecule has 0 radical (unpaired) electrons. The van der Waals surface area contributed by atoms with Crippen LogP contribution in [0.15, 0.2) is 29.0 Å². The van der Waals surface area contributed by atoms with Crippen LogP contribution in [0.5, 0.6) is 0 Å². The van der Waals surface area contributed by atoms with Crippen LogP contribution in [0.4, 0.5) is 4.39 Å². The number of nitrogens with two attached hydrogens (primary N) is 1. The Labute approximate surface area is 138 Å². The highest BCUT2D eigenvalue weighted by atomic mass is 32.1. The molecule has 2 N–H and O–H groups in total. The zero-order chi connectivity index (χ0) is 16.3. The zero-order valence-electron chi connectivity index (χ0n) is 13.6. The van der Waals surface area contributed by atoms with Crippen LogP contribution < -0.4 is 5.73 Å². The van der Waals surface area contributed by atoms with Gasteiger partial charge in [0.05, 0.1) is 0 Å². The molecule has 0 saturated heterocycles. The molecule has 1 aromatic rings. The standard InChI is InChI=1S/C18H25FN2S/c1-4-9-21-18(20)17-11(2)5-7-14(12(17)3)15-8-6-13(22)10-16(15)19/h5,7,10,13,15,22H,4,6,8-9H2,1-3H3,(H2,20,21). The first-order valence-electron chi connectivity index (χ1n) is 7.91. The van der Waals surface area contributed by atoms with Gasteiger partial charge < -0.3 is 5.73 Å². The van der Waals surface area contributed by atoms with Crippen molar-refractivity contribution >= 4 is 18.5 Å². The lowest BCUT2D eigenvalue weighted by Gasteiger charge is -2.25. The van der Waals surface area contributed by atoms with Crippen LogP contribution in [0.3, 0.4) is 0 Å². The molecule has 0 aliphatic heterocycles. The van der Waals surface area contributed by atoms with E-state index in [-0.39, 0.29) is 17.0 Å². The third-order valence-corrected chi connectivity index (χ3v) is 4.70. The van der Waals surface area contributed by atoms with Gasteiger partial charge in [0.2, 0.25) is 0 Å². The fourth-order valence-electron chi connectivity index (χ4n) is 3.11. The second-order valence-electron chi connectivity index (χ2n) is 5.99. The van der Waals surface area contributed by atoms with Crippen LogP contribution in [0.2, 0.25) is 0 Å². The second kappa shape index (κ2) is 7.32. The summed E-state index contributed by atoms with van der Waals surface area (Å²) in [6.07, 6.45) is 4.27. The van der Waals surface area contributed by atoms with Gasteiger partial charge in [-0.25, -0.2) is 4.39 Å². The molecule has 2 atom stereocenters. The average molecular weight is 320 g/mol. The number of thiol groups is 1. The molecular formula is C18H25FN2S. The highest BCUT2D eigenvalue weighted by Crippen LogP contribution is 2.38. The smallest absolute Gasteiger partial charge is 0.126 e. The molecule has 0 saturated carbocycles. The van der Waals surface area contributed by atoms with E-state index in [1.807, 2.05) is 26.0 Å². The van der Waals surface area contributed by atoms with Gasteiger partial charge in [-0.15, -0.1) is 0 Å². The first-order valence-corrected chi connectivity index (χ1v) is 8.43. The molecule has 0 bridgehead atoms. The normalized spacial score (nSPS) is 22.6. The lowest BCUT2D eigenvalue weighted by atomic mass is 9.83. The summed E-state index contributed by atoms with van der Waals surface area (Å²) in [5.41, 5.74) is 10.3. The molecule has 0 amide bonds. The Morgan fingerprint density at radius 3 is 2.73 bits per heavy atom. The van der Waals surface area contributed by atoms with Crippen LogP contribution >= 0.6 is 12.6 Å². The number of halogens is 1. The molecule has 0 aromatic heterocycles. The molecule has 1 aliphatic rings. The van der Waals surface area contributed by atoms with Crippen molar-refractivity contribution in [3.63, 3.8) is 0 Å². The van der Waals surface area contributed by atoms with E-state index in [4.69, 9.17) is 5.73 Å². The number of nitrogens with zero attached hydrogens (tertiary/aromatic N) is 1. The van der Waals surface area contributed by atoms with Gasteiger partial charge in [-0.3, -0.25) is 4.99 Å². The summed E-state index contributed by atoms with van der Waals surface area (Å²) in [6, 6.07) is 4.05. The summed E-state index contributed by atoms with van der Waals surface area (Å²) < 4.78 is 14.4. The Balaban J connectivity index is 2.45. The lowest BCUT2D eigenvalue weighted by Crippen LogP contribution is -2.20. The van der Waals surface area contributed by atoms with Crippen molar-refractivity contribution in [1.82, 2.24) is 0 Å². The Bertz CT molecular complexity index is 607. The Morgan fingerprint density at radius 2 is 2.09 bits per heavy atom. The van der Waals surface area contributed by atoms with E-state index in [9.17, 15) is 4.39 Å². The van der Waals surface area contributed by atoms with E-state index in [0.29, 0.717) is 12.4 Å². The van der Waals surface area contributed by atoms with Gasteiger partial charge in [0.25, 0.3) is 0 Å². The topological polar surface area (TPSA) is 38.4 Å². The van der Waals surface area contributed by atoms with Crippen molar-refractivity contribution in [2.75, 3.05) is 6.54 Å².